The average Bonchev–Trinajstić information content (AvgIpc) is 3.15. The fourth-order valence-electron chi connectivity index (χ4n) is 3.31. The highest BCUT2D eigenvalue weighted by atomic mass is 32.2. The third-order valence-electron chi connectivity index (χ3n) is 4.74. The van der Waals surface area contributed by atoms with E-state index < -0.39 is 20.5 Å². The van der Waals surface area contributed by atoms with E-state index in [4.69, 9.17) is 4.74 Å². The molecule has 2 aromatic rings. The Bertz CT molecular complexity index is 839. The van der Waals surface area contributed by atoms with Crippen molar-refractivity contribution >= 4 is 21.4 Å². The Morgan fingerprint density at radius 3 is 2.16 bits per heavy atom. The van der Waals surface area contributed by atoms with E-state index in [1.165, 1.54) is 0 Å². The van der Waals surface area contributed by atoms with Crippen LogP contribution < -0.4 is 10.1 Å². The van der Waals surface area contributed by atoms with Gasteiger partial charge >= 0.3 is 0 Å². The lowest BCUT2D eigenvalue weighted by Gasteiger charge is -2.27. The van der Waals surface area contributed by atoms with E-state index in [1.54, 1.807) is 61.7 Å². The maximum Gasteiger partial charge on any atom is 0.246 e. The van der Waals surface area contributed by atoms with Gasteiger partial charge in [-0.15, -0.1) is 0 Å². The maximum atomic E-state index is 13.2. The number of nitrogens with one attached hydrogen (secondary N) is 1. The van der Waals surface area contributed by atoms with Crippen LogP contribution in [0.15, 0.2) is 59.5 Å². The minimum absolute atomic E-state index is 0.196. The van der Waals surface area contributed by atoms with Crippen LogP contribution in [-0.2, 0) is 14.6 Å². The summed E-state index contributed by atoms with van der Waals surface area (Å²) in [6, 6.07) is 15.1. The van der Waals surface area contributed by atoms with Gasteiger partial charge in [-0.3, -0.25) is 4.79 Å². The monoisotopic (exact) mass is 359 g/mol. The van der Waals surface area contributed by atoms with Crippen LogP contribution in [0.1, 0.15) is 25.7 Å². The number of sulfone groups is 1. The van der Waals surface area contributed by atoms with Crippen LogP contribution in [0.5, 0.6) is 5.75 Å². The topological polar surface area (TPSA) is 72.5 Å². The van der Waals surface area contributed by atoms with E-state index in [0.717, 1.165) is 12.8 Å². The first-order valence-electron chi connectivity index (χ1n) is 8.25. The highest BCUT2D eigenvalue weighted by Gasteiger charge is 2.52. The summed E-state index contributed by atoms with van der Waals surface area (Å²) in [5, 5.41) is 2.78. The molecule has 2 aromatic carbocycles. The van der Waals surface area contributed by atoms with Gasteiger partial charge < -0.3 is 10.1 Å². The van der Waals surface area contributed by atoms with Crippen LogP contribution in [0.4, 0.5) is 5.69 Å². The number of amides is 1. The molecule has 3 rings (SSSR count). The Labute approximate surface area is 147 Å². The van der Waals surface area contributed by atoms with Crippen molar-refractivity contribution in [2.24, 2.45) is 0 Å². The Balaban J connectivity index is 1.93. The van der Waals surface area contributed by atoms with Crippen molar-refractivity contribution in [2.45, 2.75) is 35.3 Å². The first-order valence-corrected chi connectivity index (χ1v) is 9.73. The molecule has 0 aromatic heterocycles. The zero-order valence-corrected chi connectivity index (χ0v) is 14.9. The molecule has 1 saturated carbocycles. The molecule has 0 aliphatic heterocycles. The van der Waals surface area contributed by atoms with Gasteiger partial charge in [-0.1, -0.05) is 31.0 Å². The second-order valence-corrected chi connectivity index (χ2v) is 8.46. The molecule has 0 atom stereocenters. The lowest BCUT2D eigenvalue weighted by Crippen LogP contribution is -2.47. The van der Waals surface area contributed by atoms with Gasteiger partial charge in [0.15, 0.2) is 14.6 Å². The highest BCUT2D eigenvalue weighted by Crippen LogP contribution is 2.41. The molecular weight excluding hydrogens is 338 g/mol. The Hall–Kier alpha value is -2.34. The van der Waals surface area contributed by atoms with E-state index in [9.17, 15) is 13.2 Å². The molecule has 1 aliphatic rings. The van der Waals surface area contributed by atoms with E-state index in [2.05, 4.69) is 5.32 Å². The minimum Gasteiger partial charge on any atom is -0.497 e. The van der Waals surface area contributed by atoms with Crippen LogP contribution in [0, 0.1) is 0 Å². The number of carbonyl (C=O) groups excluding carboxylic acids is 1. The predicted octanol–water partition coefficient (Wildman–Crippen LogP) is 3.42. The summed E-state index contributed by atoms with van der Waals surface area (Å²) < 4.78 is 30.1. The lowest BCUT2D eigenvalue weighted by atomic mass is 10.1. The molecule has 1 fully saturated rings. The zero-order chi connectivity index (χ0) is 17.9. The molecule has 0 bridgehead atoms. The van der Waals surface area contributed by atoms with Gasteiger partial charge in [0, 0.05) is 5.69 Å². The van der Waals surface area contributed by atoms with Crippen molar-refractivity contribution in [2.75, 3.05) is 12.4 Å². The second kappa shape index (κ2) is 6.88. The quantitative estimate of drug-likeness (QED) is 0.888. The molecule has 0 spiro atoms. The summed E-state index contributed by atoms with van der Waals surface area (Å²) in [4.78, 5) is 13.2. The Morgan fingerprint density at radius 1 is 1.00 bits per heavy atom. The van der Waals surface area contributed by atoms with E-state index in [1.807, 2.05) is 0 Å². The predicted molar refractivity (Wildman–Crippen MR) is 96.5 cm³/mol. The van der Waals surface area contributed by atoms with E-state index in [0.29, 0.717) is 24.3 Å². The van der Waals surface area contributed by atoms with Crippen LogP contribution in [-0.4, -0.2) is 26.2 Å². The second-order valence-electron chi connectivity index (χ2n) is 6.20. The number of carbonyl (C=O) groups is 1. The third-order valence-corrected chi connectivity index (χ3v) is 7.26. The summed E-state index contributed by atoms with van der Waals surface area (Å²) in [5.41, 5.74) is 0.556. The molecule has 0 heterocycles. The molecule has 25 heavy (non-hydrogen) atoms. The van der Waals surface area contributed by atoms with Gasteiger partial charge in [0.05, 0.1) is 12.0 Å². The largest absolute Gasteiger partial charge is 0.497 e. The first kappa shape index (κ1) is 17.5. The summed E-state index contributed by atoms with van der Waals surface area (Å²) in [6.45, 7) is 0. The lowest BCUT2D eigenvalue weighted by molar-refractivity contribution is -0.118. The van der Waals surface area contributed by atoms with Crippen molar-refractivity contribution in [1.29, 1.82) is 0 Å². The summed E-state index contributed by atoms with van der Waals surface area (Å²) >= 11 is 0. The molecule has 0 saturated heterocycles. The minimum atomic E-state index is -3.77. The Morgan fingerprint density at radius 2 is 1.60 bits per heavy atom. The normalized spacial score (nSPS) is 16.4. The van der Waals surface area contributed by atoms with Crippen LogP contribution in [0.2, 0.25) is 0 Å². The summed E-state index contributed by atoms with van der Waals surface area (Å²) in [5.74, 6) is 0.213. The molecule has 0 radical (unpaired) electrons. The van der Waals surface area contributed by atoms with Gasteiger partial charge in [0.2, 0.25) is 5.91 Å². The molecule has 1 aliphatic carbocycles. The fraction of sp³-hybridized carbons (Fsp3) is 0.316. The Kier molecular flexibility index (Phi) is 4.81. The SMILES string of the molecule is COc1ccc(NC(=O)C2(S(=O)(=O)c3ccccc3)CCCC2)cc1. The van der Waals surface area contributed by atoms with Crippen molar-refractivity contribution in [3.05, 3.63) is 54.6 Å². The van der Waals surface area contributed by atoms with Crippen LogP contribution in [0.3, 0.4) is 0 Å². The maximum absolute atomic E-state index is 13.2. The van der Waals surface area contributed by atoms with Gasteiger partial charge in [-0.2, -0.15) is 0 Å². The molecule has 6 heteroatoms. The smallest absolute Gasteiger partial charge is 0.246 e. The van der Waals surface area contributed by atoms with Crippen molar-refractivity contribution in [3.63, 3.8) is 0 Å². The van der Waals surface area contributed by atoms with Crippen molar-refractivity contribution in [3.8, 4) is 5.75 Å². The van der Waals surface area contributed by atoms with Gasteiger partial charge in [0.25, 0.3) is 0 Å². The van der Waals surface area contributed by atoms with E-state index in [-0.39, 0.29) is 4.90 Å². The van der Waals surface area contributed by atoms with Gasteiger partial charge in [-0.05, 0) is 49.2 Å². The number of rotatable bonds is 5. The van der Waals surface area contributed by atoms with Crippen LogP contribution in [0.25, 0.3) is 0 Å². The van der Waals surface area contributed by atoms with E-state index >= 15 is 0 Å². The molecule has 1 N–H and O–H groups in total. The number of benzene rings is 2. The number of ether oxygens (including phenoxy) is 1. The number of anilines is 1. The molecule has 132 valence electrons. The van der Waals surface area contributed by atoms with Crippen molar-refractivity contribution < 1.29 is 17.9 Å². The first-order chi connectivity index (χ1) is 12.0. The standard InChI is InChI=1S/C19H21NO4S/c1-24-16-11-9-15(10-12-16)20-18(21)19(13-5-6-14-19)25(22,23)17-7-3-2-4-8-17/h2-4,7-12H,5-6,13-14H2,1H3,(H,20,21). The van der Waals surface area contributed by atoms with Crippen molar-refractivity contribution in [1.82, 2.24) is 0 Å². The molecule has 5 nitrogen and oxygen atoms in total. The average molecular weight is 359 g/mol. The van der Waals surface area contributed by atoms with Gasteiger partial charge in [0.1, 0.15) is 5.75 Å². The third kappa shape index (κ3) is 3.14. The number of hydrogen-bond acceptors (Lipinski definition) is 4. The molecule has 1 amide bonds. The van der Waals surface area contributed by atoms with Crippen LogP contribution >= 0.6 is 0 Å². The molecular formula is C19H21NO4S. The highest BCUT2D eigenvalue weighted by molar-refractivity contribution is 7.93. The summed E-state index contributed by atoms with van der Waals surface area (Å²) in [6.07, 6.45) is 2.13. The number of hydrogen-bond donors (Lipinski definition) is 1. The number of methoxy groups -OCH3 is 1. The fourth-order valence-corrected chi connectivity index (χ4v) is 5.40. The summed E-state index contributed by atoms with van der Waals surface area (Å²) in [7, 11) is -2.21. The van der Waals surface area contributed by atoms with Gasteiger partial charge in [-0.25, -0.2) is 8.42 Å². The molecule has 0 unspecified atom stereocenters. The zero-order valence-electron chi connectivity index (χ0n) is 14.1.